The van der Waals surface area contributed by atoms with Crippen molar-refractivity contribution >= 4 is 0 Å². The SMILES string of the molecule is CC(C)c1ccc(C(C)C)nc1. The Morgan fingerprint density at radius 1 is 1.00 bits per heavy atom. The van der Waals surface area contributed by atoms with Gasteiger partial charge in [-0.05, 0) is 23.5 Å². The lowest BCUT2D eigenvalue weighted by atomic mass is 10.0. The molecule has 0 aliphatic rings. The van der Waals surface area contributed by atoms with Gasteiger partial charge in [-0.25, -0.2) is 0 Å². The summed E-state index contributed by atoms with van der Waals surface area (Å²) in [5.41, 5.74) is 2.50. The molecular formula is C11H17N. The Hall–Kier alpha value is -0.850. The van der Waals surface area contributed by atoms with E-state index < -0.39 is 0 Å². The molecule has 1 aromatic rings. The molecule has 0 aromatic carbocycles. The Morgan fingerprint density at radius 2 is 1.67 bits per heavy atom. The first-order valence-electron chi connectivity index (χ1n) is 4.57. The second-order valence-electron chi connectivity index (χ2n) is 3.83. The van der Waals surface area contributed by atoms with Crippen LogP contribution >= 0.6 is 0 Å². The molecule has 0 aliphatic heterocycles. The maximum atomic E-state index is 4.40. The predicted molar refractivity (Wildman–Crippen MR) is 52.4 cm³/mol. The van der Waals surface area contributed by atoms with Crippen molar-refractivity contribution in [2.75, 3.05) is 0 Å². The molecule has 1 rings (SSSR count). The van der Waals surface area contributed by atoms with Crippen LogP contribution in [0, 0.1) is 0 Å². The van der Waals surface area contributed by atoms with Gasteiger partial charge in [0.25, 0.3) is 0 Å². The molecule has 1 aromatic heterocycles. The Kier molecular flexibility index (Phi) is 2.85. The van der Waals surface area contributed by atoms with Crippen LogP contribution in [0.5, 0.6) is 0 Å². The van der Waals surface area contributed by atoms with Gasteiger partial charge in [0, 0.05) is 11.9 Å². The molecule has 1 heterocycles. The molecule has 0 bridgehead atoms. The van der Waals surface area contributed by atoms with Crippen molar-refractivity contribution in [2.45, 2.75) is 39.5 Å². The van der Waals surface area contributed by atoms with Crippen LogP contribution in [0.4, 0.5) is 0 Å². The van der Waals surface area contributed by atoms with Crippen molar-refractivity contribution in [1.29, 1.82) is 0 Å². The second kappa shape index (κ2) is 3.70. The van der Waals surface area contributed by atoms with Crippen molar-refractivity contribution < 1.29 is 0 Å². The number of nitrogens with zero attached hydrogens (tertiary/aromatic N) is 1. The van der Waals surface area contributed by atoms with Crippen LogP contribution in [-0.2, 0) is 0 Å². The van der Waals surface area contributed by atoms with Crippen molar-refractivity contribution in [3.8, 4) is 0 Å². The first kappa shape index (κ1) is 9.24. The Balaban J connectivity index is 2.86. The fourth-order valence-corrected chi connectivity index (χ4v) is 1.10. The molecule has 0 saturated carbocycles. The standard InChI is InChI=1S/C11H17N/c1-8(2)10-5-6-11(9(3)4)12-7-10/h5-9H,1-4H3. The van der Waals surface area contributed by atoms with Crippen LogP contribution in [-0.4, -0.2) is 4.98 Å². The minimum atomic E-state index is 0.534. The zero-order chi connectivity index (χ0) is 9.14. The van der Waals surface area contributed by atoms with E-state index in [-0.39, 0.29) is 0 Å². The van der Waals surface area contributed by atoms with Crippen LogP contribution in [0.2, 0.25) is 0 Å². The molecule has 0 radical (unpaired) electrons. The highest BCUT2D eigenvalue weighted by atomic mass is 14.7. The highest BCUT2D eigenvalue weighted by Gasteiger charge is 2.02. The van der Waals surface area contributed by atoms with Gasteiger partial charge in [-0.1, -0.05) is 33.8 Å². The van der Waals surface area contributed by atoms with Crippen LogP contribution in [0.3, 0.4) is 0 Å². The summed E-state index contributed by atoms with van der Waals surface area (Å²) < 4.78 is 0. The zero-order valence-electron chi connectivity index (χ0n) is 8.33. The Morgan fingerprint density at radius 3 is 2.00 bits per heavy atom. The quantitative estimate of drug-likeness (QED) is 0.651. The van der Waals surface area contributed by atoms with Gasteiger partial charge in [0.05, 0.1) is 0 Å². The topological polar surface area (TPSA) is 12.9 Å². The van der Waals surface area contributed by atoms with E-state index in [1.165, 1.54) is 11.3 Å². The van der Waals surface area contributed by atoms with Gasteiger partial charge >= 0.3 is 0 Å². The second-order valence-corrected chi connectivity index (χ2v) is 3.83. The van der Waals surface area contributed by atoms with Crippen molar-refractivity contribution in [3.63, 3.8) is 0 Å². The highest BCUT2D eigenvalue weighted by Crippen LogP contribution is 2.16. The lowest BCUT2D eigenvalue weighted by Crippen LogP contribution is -1.94. The number of rotatable bonds is 2. The van der Waals surface area contributed by atoms with E-state index in [2.05, 4.69) is 44.8 Å². The monoisotopic (exact) mass is 163 g/mol. The summed E-state index contributed by atoms with van der Waals surface area (Å²) in [5, 5.41) is 0. The van der Waals surface area contributed by atoms with Crippen LogP contribution < -0.4 is 0 Å². The fraction of sp³-hybridized carbons (Fsp3) is 0.545. The first-order chi connectivity index (χ1) is 5.61. The normalized spacial score (nSPS) is 11.2. The third-order valence-electron chi connectivity index (χ3n) is 2.07. The summed E-state index contributed by atoms with van der Waals surface area (Å²) >= 11 is 0. The van der Waals surface area contributed by atoms with Gasteiger partial charge < -0.3 is 0 Å². The average molecular weight is 163 g/mol. The lowest BCUT2D eigenvalue weighted by molar-refractivity contribution is 0.802. The molecule has 0 spiro atoms. The fourth-order valence-electron chi connectivity index (χ4n) is 1.10. The van der Waals surface area contributed by atoms with Crippen LogP contribution in [0.15, 0.2) is 18.3 Å². The van der Waals surface area contributed by atoms with Crippen LogP contribution in [0.25, 0.3) is 0 Å². The molecule has 0 N–H and O–H groups in total. The van der Waals surface area contributed by atoms with E-state index in [9.17, 15) is 0 Å². The van der Waals surface area contributed by atoms with E-state index in [0.717, 1.165) is 0 Å². The van der Waals surface area contributed by atoms with Gasteiger partial charge in [0.1, 0.15) is 0 Å². The number of hydrogen-bond acceptors (Lipinski definition) is 1. The molecule has 66 valence electrons. The van der Waals surface area contributed by atoms with E-state index >= 15 is 0 Å². The largest absolute Gasteiger partial charge is 0.261 e. The molecule has 1 nitrogen and oxygen atoms in total. The first-order valence-corrected chi connectivity index (χ1v) is 4.57. The minimum absolute atomic E-state index is 0.534. The van der Waals surface area contributed by atoms with E-state index in [0.29, 0.717) is 11.8 Å². The van der Waals surface area contributed by atoms with Gasteiger partial charge in [0.15, 0.2) is 0 Å². The van der Waals surface area contributed by atoms with Gasteiger partial charge in [-0.15, -0.1) is 0 Å². The molecule has 0 saturated heterocycles. The zero-order valence-corrected chi connectivity index (χ0v) is 8.33. The molecule has 0 atom stereocenters. The summed E-state index contributed by atoms with van der Waals surface area (Å²) in [6, 6.07) is 4.30. The van der Waals surface area contributed by atoms with E-state index in [1.807, 2.05) is 6.20 Å². The van der Waals surface area contributed by atoms with Crippen molar-refractivity contribution in [1.82, 2.24) is 4.98 Å². The summed E-state index contributed by atoms with van der Waals surface area (Å²) in [5.74, 6) is 1.12. The summed E-state index contributed by atoms with van der Waals surface area (Å²) in [7, 11) is 0. The third-order valence-corrected chi connectivity index (χ3v) is 2.07. The van der Waals surface area contributed by atoms with Crippen molar-refractivity contribution in [2.24, 2.45) is 0 Å². The predicted octanol–water partition coefficient (Wildman–Crippen LogP) is 3.33. The smallest absolute Gasteiger partial charge is 0.0429 e. The highest BCUT2D eigenvalue weighted by molar-refractivity contribution is 5.18. The van der Waals surface area contributed by atoms with Gasteiger partial charge in [-0.3, -0.25) is 4.98 Å². The molecule has 0 unspecified atom stereocenters. The lowest BCUT2D eigenvalue weighted by Gasteiger charge is -2.07. The number of pyridine rings is 1. The van der Waals surface area contributed by atoms with Gasteiger partial charge in [0.2, 0.25) is 0 Å². The molecule has 0 fully saturated rings. The molecular weight excluding hydrogens is 146 g/mol. The maximum absolute atomic E-state index is 4.40. The number of hydrogen-bond donors (Lipinski definition) is 0. The molecule has 1 heteroatoms. The van der Waals surface area contributed by atoms with Crippen LogP contribution in [0.1, 0.15) is 50.8 Å². The Bertz CT molecular complexity index is 207. The Labute approximate surface area is 74.8 Å². The van der Waals surface area contributed by atoms with E-state index in [1.54, 1.807) is 0 Å². The maximum Gasteiger partial charge on any atom is 0.0429 e. The van der Waals surface area contributed by atoms with E-state index in [4.69, 9.17) is 0 Å². The van der Waals surface area contributed by atoms with Crippen molar-refractivity contribution in [3.05, 3.63) is 29.6 Å². The molecule has 0 aliphatic carbocycles. The molecule has 12 heavy (non-hydrogen) atoms. The minimum Gasteiger partial charge on any atom is -0.261 e. The number of aromatic nitrogens is 1. The summed E-state index contributed by atoms with van der Waals surface area (Å²) in [4.78, 5) is 4.40. The average Bonchev–Trinajstić information content (AvgIpc) is 2.04. The van der Waals surface area contributed by atoms with Gasteiger partial charge in [-0.2, -0.15) is 0 Å². The summed E-state index contributed by atoms with van der Waals surface area (Å²) in [6.07, 6.45) is 1.99. The third kappa shape index (κ3) is 2.07. The molecule has 0 amide bonds. The summed E-state index contributed by atoms with van der Waals surface area (Å²) in [6.45, 7) is 8.70.